The summed E-state index contributed by atoms with van der Waals surface area (Å²) in [6.07, 6.45) is 7.20. The zero-order chi connectivity index (χ0) is 24.6. The van der Waals surface area contributed by atoms with Crippen LogP contribution in [0, 0.1) is 0 Å². The second-order valence-electron chi connectivity index (χ2n) is 8.83. The number of nitrogens with zero attached hydrogens (tertiary/aromatic N) is 5. The number of rotatable bonds is 6. The lowest BCUT2D eigenvalue weighted by molar-refractivity contribution is 0.415. The van der Waals surface area contributed by atoms with E-state index in [-0.39, 0.29) is 0 Å². The Labute approximate surface area is 207 Å². The summed E-state index contributed by atoms with van der Waals surface area (Å²) < 4.78 is 5.40. The van der Waals surface area contributed by atoms with Crippen molar-refractivity contribution in [1.29, 1.82) is 0 Å². The van der Waals surface area contributed by atoms with E-state index >= 15 is 0 Å². The molecule has 6 rings (SSSR count). The minimum Gasteiger partial charge on any atom is -0.497 e. The van der Waals surface area contributed by atoms with Crippen LogP contribution in [0.25, 0.3) is 56.0 Å². The van der Waals surface area contributed by atoms with Crippen molar-refractivity contribution in [3.8, 4) is 39.7 Å². The summed E-state index contributed by atoms with van der Waals surface area (Å²) in [7, 11) is 1.65. The highest BCUT2D eigenvalue weighted by atomic mass is 16.5. The normalized spacial score (nSPS) is 11.4. The molecule has 0 fully saturated rings. The van der Waals surface area contributed by atoms with Gasteiger partial charge in [-0.25, -0.2) is 9.97 Å². The number of imidazole rings is 1. The van der Waals surface area contributed by atoms with E-state index in [0.29, 0.717) is 17.6 Å². The number of nitrogens with one attached hydrogen (secondary N) is 3. The van der Waals surface area contributed by atoms with E-state index in [0.717, 1.165) is 55.9 Å². The average Bonchev–Trinajstić information content (AvgIpc) is 3.52. The minimum atomic E-state index is 0.308. The summed E-state index contributed by atoms with van der Waals surface area (Å²) in [5.41, 5.74) is 8.36. The number of H-pyrrole nitrogens is 2. The zero-order valence-electron chi connectivity index (χ0n) is 20.1. The van der Waals surface area contributed by atoms with Gasteiger partial charge in [-0.2, -0.15) is 5.10 Å². The lowest BCUT2D eigenvalue weighted by Gasteiger charge is -2.10. The summed E-state index contributed by atoms with van der Waals surface area (Å²) in [4.78, 5) is 22.0. The number of pyridine rings is 3. The number of hydrogen-bond acceptors (Lipinski definition) is 7. The fourth-order valence-corrected chi connectivity index (χ4v) is 4.26. The minimum absolute atomic E-state index is 0.308. The second kappa shape index (κ2) is 8.77. The zero-order valence-corrected chi connectivity index (χ0v) is 20.1. The number of fused-ring (bicyclic) bond motifs is 2. The van der Waals surface area contributed by atoms with Crippen LogP contribution in [0.1, 0.15) is 13.8 Å². The molecule has 0 radical (unpaired) electrons. The molecule has 0 spiro atoms. The fraction of sp³-hybridized carbons (Fsp3) is 0.148. The van der Waals surface area contributed by atoms with Crippen LogP contribution in [0.5, 0.6) is 5.75 Å². The van der Waals surface area contributed by atoms with Crippen molar-refractivity contribution in [3.05, 3.63) is 67.3 Å². The predicted octanol–water partition coefficient (Wildman–Crippen LogP) is 5.45. The highest BCUT2D eigenvalue weighted by Crippen LogP contribution is 2.32. The highest BCUT2D eigenvalue weighted by Gasteiger charge is 2.17. The maximum atomic E-state index is 5.40. The Morgan fingerprint density at radius 2 is 1.75 bits per heavy atom. The molecule has 0 aliphatic carbocycles. The molecule has 5 heterocycles. The molecule has 0 amide bonds. The van der Waals surface area contributed by atoms with Gasteiger partial charge in [0.15, 0.2) is 11.5 Å². The van der Waals surface area contributed by atoms with Gasteiger partial charge in [-0.1, -0.05) is 12.1 Å². The van der Waals surface area contributed by atoms with Crippen molar-refractivity contribution in [3.63, 3.8) is 0 Å². The highest BCUT2D eigenvalue weighted by molar-refractivity contribution is 5.96. The molecule has 178 valence electrons. The molecular weight excluding hydrogens is 452 g/mol. The lowest BCUT2D eigenvalue weighted by atomic mass is 10.1. The first-order valence-corrected chi connectivity index (χ1v) is 11.6. The van der Waals surface area contributed by atoms with E-state index in [4.69, 9.17) is 14.7 Å². The van der Waals surface area contributed by atoms with Gasteiger partial charge in [0.2, 0.25) is 0 Å². The molecule has 1 aromatic carbocycles. The topological polar surface area (TPSA) is 117 Å². The second-order valence-corrected chi connectivity index (χ2v) is 8.83. The first kappa shape index (κ1) is 21.7. The summed E-state index contributed by atoms with van der Waals surface area (Å²) in [5.74, 6) is 1.39. The number of ether oxygens (including phenoxy) is 1. The third kappa shape index (κ3) is 3.90. The van der Waals surface area contributed by atoms with Crippen LogP contribution < -0.4 is 10.1 Å². The molecular formula is C27H24N8O. The first-order chi connectivity index (χ1) is 17.6. The molecule has 0 saturated heterocycles. The van der Waals surface area contributed by atoms with Gasteiger partial charge in [0, 0.05) is 35.8 Å². The van der Waals surface area contributed by atoms with Crippen molar-refractivity contribution in [2.24, 2.45) is 0 Å². The maximum absolute atomic E-state index is 5.40. The molecule has 0 atom stereocenters. The molecule has 5 aromatic heterocycles. The number of anilines is 1. The average molecular weight is 477 g/mol. The van der Waals surface area contributed by atoms with Crippen molar-refractivity contribution < 1.29 is 4.74 Å². The Bertz CT molecular complexity index is 1700. The van der Waals surface area contributed by atoms with Crippen molar-refractivity contribution in [2.75, 3.05) is 12.4 Å². The molecule has 0 unspecified atom stereocenters. The van der Waals surface area contributed by atoms with Crippen LogP contribution in [-0.4, -0.2) is 48.3 Å². The fourth-order valence-electron chi connectivity index (χ4n) is 4.26. The Hall–Kier alpha value is -4.79. The Morgan fingerprint density at radius 1 is 0.861 bits per heavy atom. The summed E-state index contributed by atoms with van der Waals surface area (Å²) in [5, 5.41) is 11.0. The van der Waals surface area contributed by atoms with Crippen LogP contribution in [0.2, 0.25) is 0 Å². The number of hydrogen-bond donors (Lipinski definition) is 3. The molecule has 0 aliphatic heterocycles. The monoisotopic (exact) mass is 476 g/mol. The smallest absolute Gasteiger partial charge is 0.161 e. The molecule has 0 saturated carbocycles. The molecule has 6 aromatic rings. The van der Waals surface area contributed by atoms with Crippen molar-refractivity contribution in [2.45, 2.75) is 19.9 Å². The van der Waals surface area contributed by atoms with E-state index in [9.17, 15) is 0 Å². The summed E-state index contributed by atoms with van der Waals surface area (Å²) >= 11 is 0. The standard InChI is InChI=1S/C27H24N8O/c1-15(2)30-18-9-17(11-28-12-18)21-7-8-22-25(31-21)26(35-34-22)27-32-23-14-29-13-20(24(23)33-27)16-5-4-6-19(10-16)36-3/h4-15,30H,1-3H3,(H,32,33)(H,34,35). The van der Waals surface area contributed by atoms with Gasteiger partial charge in [-0.15, -0.1) is 0 Å². The van der Waals surface area contributed by atoms with Crippen LogP contribution in [0.4, 0.5) is 5.69 Å². The molecule has 36 heavy (non-hydrogen) atoms. The van der Waals surface area contributed by atoms with E-state index in [1.807, 2.05) is 61.1 Å². The van der Waals surface area contributed by atoms with Crippen molar-refractivity contribution >= 4 is 27.8 Å². The third-order valence-corrected chi connectivity index (χ3v) is 5.90. The lowest BCUT2D eigenvalue weighted by Crippen LogP contribution is -2.09. The van der Waals surface area contributed by atoms with Gasteiger partial charge < -0.3 is 15.0 Å². The quantitative estimate of drug-likeness (QED) is 0.292. The van der Waals surface area contributed by atoms with E-state index in [1.54, 1.807) is 13.3 Å². The van der Waals surface area contributed by atoms with Crippen LogP contribution in [0.15, 0.2) is 67.3 Å². The summed E-state index contributed by atoms with van der Waals surface area (Å²) in [6.45, 7) is 4.19. The SMILES string of the molecule is COc1cccc(-c2cncc3[nH]c(-c4n[nH]c5ccc(-c6cncc(NC(C)C)c6)nc45)nc23)c1. The van der Waals surface area contributed by atoms with E-state index in [2.05, 4.69) is 44.3 Å². The first-order valence-electron chi connectivity index (χ1n) is 11.6. The number of aromatic nitrogens is 7. The molecule has 0 aliphatic rings. The van der Waals surface area contributed by atoms with Crippen LogP contribution >= 0.6 is 0 Å². The number of methoxy groups -OCH3 is 1. The van der Waals surface area contributed by atoms with Crippen molar-refractivity contribution in [1.82, 2.24) is 35.1 Å². The van der Waals surface area contributed by atoms with E-state index in [1.165, 1.54) is 0 Å². The largest absolute Gasteiger partial charge is 0.497 e. The molecule has 0 bridgehead atoms. The molecule has 9 heteroatoms. The third-order valence-electron chi connectivity index (χ3n) is 5.90. The van der Waals surface area contributed by atoms with E-state index < -0.39 is 0 Å². The Kier molecular flexibility index (Phi) is 5.29. The molecule has 3 N–H and O–H groups in total. The number of aromatic amines is 2. The van der Waals surface area contributed by atoms with Gasteiger partial charge in [0.25, 0.3) is 0 Å². The van der Waals surface area contributed by atoms with Crippen LogP contribution in [0.3, 0.4) is 0 Å². The summed E-state index contributed by atoms with van der Waals surface area (Å²) in [6, 6.07) is 14.1. The predicted molar refractivity (Wildman–Crippen MR) is 141 cm³/mol. The maximum Gasteiger partial charge on any atom is 0.161 e. The Balaban J connectivity index is 1.44. The Morgan fingerprint density at radius 3 is 2.61 bits per heavy atom. The van der Waals surface area contributed by atoms with Gasteiger partial charge in [0.05, 0.1) is 41.2 Å². The van der Waals surface area contributed by atoms with Gasteiger partial charge in [-0.05, 0) is 49.7 Å². The molecule has 9 nitrogen and oxygen atoms in total. The van der Waals surface area contributed by atoms with Gasteiger partial charge >= 0.3 is 0 Å². The van der Waals surface area contributed by atoms with Gasteiger partial charge in [0.1, 0.15) is 11.3 Å². The number of benzene rings is 1. The van der Waals surface area contributed by atoms with Crippen LogP contribution in [-0.2, 0) is 0 Å². The van der Waals surface area contributed by atoms with Gasteiger partial charge in [-0.3, -0.25) is 15.1 Å².